The summed E-state index contributed by atoms with van der Waals surface area (Å²) >= 11 is 0. The number of halogens is 3. The fourth-order valence-electron chi connectivity index (χ4n) is 6.09. The Hall–Kier alpha value is -4.12. The van der Waals surface area contributed by atoms with Crippen molar-refractivity contribution in [3.8, 4) is 5.69 Å². The summed E-state index contributed by atoms with van der Waals surface area (Å²) in [7, 11) is 6.69. The van der Waals surface area contributed by atoms with Crippen molar-refractivity contribution in [1.29, 1.82) is 0 Å². The molecule has 1 aliphatic rings. The fraction of sp³-hybridized carbons (Fsp3) is 0.387. The van der Waals surface area contributed by atoms with Crippen LogP contribution in [0.25, 0.3) is 16.7 Å². The van der Waals surface area contributed by atoms with Crippen molar-refractivity contribution >= 4 is 22.6 Å². The number of likely N-dealkylation sites (tertiary alicyclic amines) is 1. The Morgan fingerprint density at radius 3 is 2.55 bits per heavy atom. The number of rotatable bonds is 6. The van der Waals surface area contributed by atoms with Gasteiger partial charge in [0.2, 0.25) is 0 Å². The van der Waals surface area contributed by atoms with Crippen molar-refractivity contribution in [2.75, 3.05) is 39.5 Å². The number of aryl methyl sites for hydroxylation is 2. The minimum Gasteiger partial charge on any atom is -0.388 e. The Bertz CT molecular complexity index is 1700. The molecule has 0 radical (unpaired) electrons. The lowest BCUT2D eigenvalue weighted by Gasteiger charge is -2.42. The predicted octanol–water partition coefficient (Wildman–Crippen LogP) is 5.10. The molecule has 2 unspecified atom stereocenters. The van der Waals surface area contributed by atoms with E-state index in [4.69, 9.17) is 0 Å². The van der Waals surface area contributed by atoms with Crippen LogP contribution in [0.5, 0.6) is 0 Å². The molecule has 0 aliphatic carbocycles. The molecule has 4 aromatic rings. The molecule has 1 amide bonds. The van der Waals surface area contributed by atoms with Crippen LogP contribution in [0.15, 0.2) is 53.6 Å². The Kier molecular flexibility index (Phi) is 7.65. The zero-order valence-electron chi connectivity index (χ0n) is 24.6. The second-order valence-corrected chi connectivity index (χ2v) is 11.2. The summed E-state index contributed by atoms with van der Waals surface area (Å²) in [6.45, 7) is 3.22. The van der Waals surface area contributed by atoms with Gasteiger partial charge in [0.05, 0.1) is 18.2 Å². The van der Waals surface area contributed by atoms with Crippen molar-refractivity contribution in [1.82, 2.24) is 23.9 Å². The predicted molar refractivity (Wildman–Crippen MR) is 157 cm³/mol. The quantitative estimate of drug-likeness (QED) is 0.344. The number of piperidine rings is 1. The van der Waals surface area contributed by atoms with E-state index in [0.717, 1.165) is 17.1 Å². The first-order valence-corrected chi connectivity index (χ1v) is 13.8. The van der Waals surface area contributed by atoms with E-state index in [-0.39, 0.29) is 29.0 Å². The average Bonchev–Trinajstić information content (AvgIpc) is 3.28. The van der Waals surface area contributed by atoms with Crippen molar-refractivity contribution in [3.63, 3.8) is 0 Å². The Labute approximate surface area is 242 Å². The summed E-state index contributed by atoms with van der Waals surface area (Å²) in [6.07, 6.45) is 3.36. The van der Waals surface area contributed by atoms with Crippen molar-refractivity contribution < 1.29 is 18.0 Å². The van der Waals surface area contributed by atoms with E-state index in [0.29, 0.717) is 29.1 Å². The molecule has 1 saturated heterocycles. The lowest BCUT2D eigenvalue weighted by atomic mass is 9.82. The number of hydrogen-bond acceptors (Lipinski definition) is 5. The number of fused-ring (bicyclic) bond motifs is 1. The molecule has 1 aliphatic heterocycles. The molecule has 11 heteroatoms. The molecular formula is C31H35F3N6O2. The maximum Gasteiger partial charge on any atom is 0.267 e. The van der Waals surface area contributed by atoms with Gasteiger partial charge < -0.3 is 14.8 Å². The van der Waals surface area contributed by atoms with Gasteiger partial charge in [-0.2, -0.15) is 0 Å². The fourth-order valence-corrected chi connectivity index (χ4v) is 6.09. The summed E-state index contributed by atoms with van der Waals surface area (Å²) in [5, 5.41) is 3.68. The molecule has 0 saturated carbocycles. The van der Waals surface area contributed by atoms with Gasteiger partial charge in [0, 0.05) is 75.0 Å². The lowest BCUT2D eigenvalue weighted by Crippen LogP contribution is -2.48. The Balaban J connectivity index is 1.44. The van der Waals surface area contributed by atoms with Crippen LogP contribution in [0.3, 0.4) is 0 Å². The van der Waals surface area contributed by atoms with E-state index < -0.39 is 30.2 Å². The number of carbonyl (C=O) groups is 1. The topological polar surface area (TPSA) is 75.4 Å². The van der Waals surface area contributed by atoms with E-state index in [9.17, 15) is 9.59 Å². The highest BCUT2D eigenvalue weighted by Gasteiger charge is 2.48. The van der Waals surface area contributed by atoms with E-state index in [1.807, 2.05) is 24.6 Å². The van der Waals surface area contributed by atoms with E-state index >= 15 is 13.2 Å². The number of pyridine rings is 2. The number of carbonyl (C=O) groups excluding carboxylic acids is 1. The number of anilines is 1. The molecule has 0 spiro atoms. The van der Waals surface area contributed by atoms with Gasteiger partial charge in [0.15, 0.2) is 0 Å². The molecule has 42 heavy (non-hydrogen) atoms. The third-order valence-corrected chi connectivity index (χ3v) is 8.35. The van der Waals surface area contributed by atoms with Crippen LogP contribution in [0.2, 0.25) is 0 Å². The molecule has 1 aromatic carbocycles. The number of nitrogens with zero attached hydrogens (tertiary/aromatic N) is 5. The molecule has 4 heterocycles. The van der Waals surface area contributed by atoms with Gasteiger partial charge in [-0.25, -0.2) is 18.2 Å². The van der Waals surface area contributed by atoms with Crippen LogP contribution >= 0.6 is 0 Å². The Morgan fingerprint density at radius 1 is 1.19 bits per heavy atom. The first-order valence-electron chi connectivity index (χ1n) is 13.8. The van der Waals surface area contributed by atoms with Gasteiger partial charge in [-0.15, -0.1) is 0 Å². The number of nitrogens with one attached hydrogen (secondary N) is 1. The summed E-state index contributed by atoms with van der Waals surface area (Å²) < 4.78 is 50.2. The second-order valence-electron chi connectivity index (χ2n) is 11.2. The van der Waals surface area contributed by atoms with Gasteiger partial charge in [0.1, 0.15) is 11.5 Å². The third-order valence-electron chi connectivity index (χ3n) is 8.35. The standard InChI is InChI=1S/C31H35F3N6O2/c1-18-13-20(30(42)37(4)5)14-24(32)28(18)23-9-11-39(17-31(23,33)34)19(2)26-16-22-25(7-10-36-29(22)38(26)6)40-12-8-21(35-3)15-27(40)41/h7-8,10,12-16,19,23,35H,9,11,17H2,1-6H3. The molecule has 5 rings (SSSR count). The first-order chi connectivity index (χ1) is 19.8. The van der Waals surface area contributed by atoms with Crippen molar-refractivity contribution in [2.24, 2.45) is 7.05 Å². The highest BCUT2D eigenvalue weighted by Crippen LogP contribution is 2.45. The van der Waals surface area contributed by atoms with E-state index in [1.165, 1.54) is 21.6 Å². The zero-order valence-corrected chi connectivity index (χ0v) is 24.6. The van der Waals surface area contributed by atoms with E-state index in [2.05, 4.69) is 10.3 Å². The van der Waals surface area contributed by atoms with Gasteiger partial charge in [-0.05, 0) is 68.3 Å². The van der Waals surface area contributed by atoms with Gasteiger partial charge >= 0.3 is 0 Å². The number of aromatic nitrogens is 3. The van der Waals surface area contributed by atoms with Crippen LogP contribution in [0.4, 0.5) is 18.9 Å². The molecular weight excluding hydrogens is 545 g/mol. The monoisotopic (exact) mass is 580 g/mol. The van der Waals surface area contributed by atoms with E-state index in [1.54, 1.807) is 57.5 Å². The minimum atomic E-state index is -3.21. The van der Waals surface area contributed by atoms with Gasteiger partial charge in [-0.1, -0.05) is 0 Å². The molecule has 2 atom stereocenters. The molecule has 0 bridgehead atoms. The van der Waals surface area contributed by atoms with Crippen LogP contribution in [0.1, 0.15) is 52.5 Å². The molecule has 222 valence electrons. The second kappa shape index (κ2) is 10.9. The molecule has 8 nitrogen and oxygen atoms in total. The summed E-state index contributed by atoms with van der Waals surface area (Å²) in [4.78, 5) is 32.7. The maximum absolute atomic E-state index is 15.8. The minimum absolute atomic E-state index is 0.0317. The van der Waals surface area contributed by atoms with Gasteiger partial charge in [-0.3, -0.25) is 19.1 Å². The van der Waals surface area contributed by atoms with Crippen LogP contribution in [-0.2, 0) is 7.05 Å². The normalized spacial score (nSPS) is 17.8. The van der Waals surface area contributed by atoms with Crippen LogP contribution in [-0.4, -0.2) is 70.0 Å². The molecule has 1 fully saturated rings. The first kappa shape index (κ1) is 29.4. The van der Waals surface area contributed by atoms with Crippen LogP contribution < -0.4 is 10.9 Å². The highest BCUT2D eigenvalue weighted by molar-refractivity contribution is 5.94. The molecule has 3 aromatic heterocycles. The maximum atomic E-state index is 15.8. The summed E-state index contributed by atoms with van der Waals surface area (Å²) in [6, 6.07) is 9.10. The largest absolute Gasteiger partial charge is 0.388 e. The van der Waals surface area contributed by atoms with Crippen molar-refractivity contribution in [3.05, 3.63) is 87.3 Å². The highest BCUT2D eigenvalue weighted by atomic mass is 19.3. The lowest BCUT2D eigenvalue weighted by molar-refractivity contribution is -0.0931. The SMILES string of the molecule is CNc1ccn(-c2ccnc3c2cc(C(C)N2CCC(c4c(C)cc(C(=O)N(C)C)cc4F)C(F)(F)C2)n3C)c(=O)c1. The average molecular weight is 581 g/mol. The van der Waals surface area contributed by atoms with Crippen molar-refractivity contribution in [2.45, 2.75) is 38.2 Å². The Morgan fingerprint density at radius 2 is 1.93 bits per heavy atom. The third kappa shape index (κ3) is 5.06. The number of benzene rings is 1. The van der Waals surface area contributed by atoms with Crippen LogP contribution in [0, 0.1) is 12.7 Å². The molecule has 1 N–H and O–H groups in total. The zero-order chi connectivity index (χ0) is 30.5. The van der Waals surface area contributed by atoms with Gasteiger partial charge in [0.25, 0.3) is 17.4 Å². The summed E-state index contributed by atoms with van der Waals surface area (Å²) in [5.41, 5.74) is 2.98. The smallest absolute Gasteiger partial charge is 0.267 e. The number of hydrogen-bond donors (Lipinski definition) is 1. The number of amides is 1. The summed E-state index contributed by atoms with van der Waals surface area (Å²) in [5.74, 6) is -5.68. The number of alkyl halides is 2.